The van der Waals surface area contributed by atoms with Gasteiger partial charge in [-0.3, -0.25) is 9.59 Å². The van der Waals surface area contributed by atoms with E-state index in [1.54, 1.807) is 24.3 Å². The number of Topliss-reactive ketones (excluding diaryl/α,β-unsaturated/α-hetero) is 2. The Balaban J connectivity index is 0.00000112. The maximum absolute atomic E-state index is 11.5. The van der Waals surface area contributed by atoms with Gasteiger partial charge < -0.3 is 0 Å². The van der Waals surface area contributed by atoms with Crippen LogP contribution in [0.1, 0.15) is 20.7 Å². The van der Waals surface area contributed by atoms with Crippen molar-refractivity contribution in [2.45, 2.75) is 0 Å². The fraction of sp³-hybridized carbons (Fsp3) is 0. The molecule has 0 atom stereocenters. The molecule has 15 heavy (non-hydrogen) atoms. The molecule has 0 heterocycles. The number of rotatable bonds is 0. The van der Waals surface area contributed by atoms with Gasteiger partial charge in [-0.15, -0.1) is 0 Å². The molecule has 1 aromatic rings. The standard InChI is InChI=1S/C10H4Cl2O2.Na.H/c11-7-8(12)10(14)6-4-2-1-3-5(6)9(7)13;;/h1-4H;;. The number of carbonyl (C=O) groups is 2. The van der Waals surface area contributed by atoms with Crippen LogP contribution < -0.4 is 0 Å². The summed E-state index contributed by atoms with van der Waals surface area (Å²) in [5, 5.41) is -0.397. The zero-order valence-corrected chi connectivity index (χ0v) is 8.39. The molecule has 5 heteroatoms. The third-order valence-corrected chi connectivity index (χ3v) is 2.83. The van der Waals surface area contributed by atoms with Gasteiger partial charge in [0.25, 0.3) is 0 Å². The van der Waals surface area contributed by atoms with Crippen LogP contribution in [-0.4, -0.2) is 41.1 Å². The van der Waals surface area contributed by atoms with Crippen LogP contribution in [-0.2, 0) is 0 Å². The zero-order chi connectivity index (χ0) is 10.3. The van der Waals surface area contributed by atoms with E-state index in [2.05, 4.69) is 0 Å². The molecule has 0 fully saturated rings. The summed E-state index contributed by atoms with van der Waals surface area (Å²) in [6, 6.07) is 6.46. The monoisotopic (exact) mass is 250 g/mol. The number of hydrogen-bond acceptors (Lipinski definition) is 2. The van der Waals surface area contributed by atoms with Gasteiger partial charge in [0.15, 0.2) is 0 Å². The number of allylic oxidation sites excluding steroid dienone is 2. The Morgan fingerprint density at radius 3 is 1.47 bits per heavy atom. The quantitative estimate of drug-likeness (QED) is 0.661. The van der Waals surface area contributed by atoms with E-state index < -0.39 is 11.6 Å². The van der Waals surface area contributed by atoms with Gasteiger partial charge >= 0.3 is 29.6 Å². The van der Waals surface area contributed by atoms with E-state index >= 15 is 0 Å². The molecule has 0 aliphatic heterocycles. The van der Waals surface area contributed by atoms with Crippen LogP contribution in [0.4, 0.5) is 0 Å². The van der Waals surface area contributed by atoms with E-state index in [-0.39, 0.29) is 39.6 Å². The summed E-state index contributed by atoms with van der Waals surface area (Å²) in [4.78, 5) is 23.1. The van der Waals surface area contributed by atoms with Crippen LogP contribution in [0.2, 0.25) is 0 Å². The van der Waals surface area contributed by atoms with Crippen LogP contribution in [0.25, 0.3) is 0 Å². The molecule has 0 amide bonds. The Labute approximate surface area is 119 Å². The number of halogens is 2. The molecule has 2 nitrogen and oxygen atoms in total. The number of carbonyl (C=O) groups excluding carboxylic acids is 2. The average Bonchev–Trinajstić information content (AvgIpc) is 2.23. The summed E-state index contributed by atoms with van der Waals surface area (Å²) in [5.41, 5.74) is 0.624. The van der Waals surface area contributed by atoms with Crippen LogP contribution in [0.3, 0.4) is 0 Å². The Bertz CT molecular complexity index is 437. The molecular weight excluding hydrogens is 246 g/mol. The molecule has 0 N–H and O–H groups in total. The van der Waals surface area contributed by atoms with E-state index in [4.69, 9.17) is 23.2 Å². The molecule has 0 saturated heterocycles. The third-order valence-electron chi connectivity index (χ3n) is 2.01. The van der Waals surface area contributed by atoms with E-state index in [0.29, 0.717) is 11.1 Å². The van der Waals surface area contributed by atoms with Gasteiger partial charge in [-0.05, 0) is 0 Å². The summed E-state index contributed by atoms with van der Waals surface area (Å²) >= 11 is 11.2. The first-order valence-corrected chi connectivity index (χ1v) is 4.62. The fourth-order valence-corrected chi connectivity index (χ4v) is 1.69. The predicted molar refractivity (Wildman–Crippen MR) is 61.0 cm³/mol. The molecule has 0 unspecified atom stereocenters. The molecule has 2 rings (SSSR count). The topological polar surface area (TPSA) is 34.1 Å². The minimum atomic E-state index is -0.396. The molecule has 1 aliphatic carbocycles. The number of fused-ring (bicyclic) bond motifs is 1. The summed E-state index contributed by atoms with van der Waals surface area (Å²) in [5.74, 6) is -0.793. The van der Waals surface area contributed by atoms with Crippen molar-refractivity contribution in [3.05, 3.63) is 45.5 Å². The molecule has 0 radical (unpaired) electrons. The molecule has 0 spiro atoms. The number of benzene rings is 1. The first kappa shape index (κ1) is 12.9. The normalized spacial score (nSPS) is 14.8. The Morgan fingerprint density at radius 1 is 0.800 bits per heavy atom. The van der Waals surface area contributed by atoms with Gasteiger partial charge in [0, 0.05) is 11.1 Å². The van der Waals surface area contributed by atoms with Crippen LogP contribution in [0.5, 0.6) is 0 Å². The molecular formula is C10H5Cl2NaO2. The molecule has 0 saturated carbocycles. The maximum atomic E-state index is 11.5. The Hall–Kier alpha value is -0.120. The van der Waals surface area contributed by atoms with Crippen molar-refractivity contribution in [1.29, 1.82) is 0 Å². The summed E-state index contributed by atoms with van der Waals surface area (Å²) < 4.78 is 0. The van der Waals surface area contributed by atoms with Crippen LogP contribution in [0.15, 0.2) is 34.3 Å². The van der Waals surface area contributed by atoms with E-state index in [0.717, 1.165) is 0 Å². The summed E-state index contributed by atoms with van der Waals surface area (Å²) in [6.07, 6.45) is 0. The van der Waals surface area contributed by atoms with Gasteiger partial charge in [0.05, 0.1) is 0 Å². The molecule has 0 aromatic heterocycles. The molecule has 1 aliphatic rings. The Kier molecular flexibility index (Phi) is 4.15. The first-order chi connectivity index (χ1) is 6.63. The van der Waals surface area contributed by atoms with E-state index in [9.17, 15) is 9.59 Å². The van der Waals surface area contributed by atoms with Crippen molar-refractivity contribution >= 4 is 64.3 Å². The summed E-state index contributed by atoms with van der Waals surface area (Å²) in [7, 11) is 0. The average molecular weight is 251 g/mol. The second kappa shape index (κ2) is 4.81. The summed E-state index contributed by atoms with van der Waals surface area (Å²) in [6.45, 7) is 0. The third kappa shape index (κ3) is 2.05. The van der Waals surface area contributed by atoms with Crippen LogP contribution in [0, 0.1) is 0 Å². The van der Waals surface area contributed by atoms with Crippen molar-refractivity contribution in [2.75, 3.05) is 0 Å². The van der Waals surface area contributed by atoms with Crippen molar-refractivity contribution in [2.24, 2.45) is 0 Å². The second-order valence-electron chi connectivity index (χ2n) is 2.83. The molecule has 1 aromatic carbocycles. The van der Waals surface area contributed by atoms with Gasteiger partial charge in [-0.2, -0.15) is 0 Å². The molecule has 0 bridgehead atoms. The van der Waals surface area contributed by atoms with Gasteiger partial charge in [-0.1, -0.05) is 47.5 Å². The zero-order valence-electron chi connectivity index (χ0n) is 6.88. The van der Waals surface area contributed by atoms with Crippen molar-refractivity contribution < 1.29 is 9.59 Å². The van der Waals surface area contributed by atoms with Gasteiger partial charge in [0.1, 0.15) is 10.1 Å². The predicted octanol–water partition coefficient (Wildman–Crippen LogP) is 2.11. The van der Waals surface area contributed by atoms with Crippen molar-refractivity contribution in [3.63, 3.8) is 0 Å². The SMILES string of the molecule is O=C1C(Cl)=C(Cl)C(=O)c2ccccc21.[NaH]. The Morgan fingerprint density at radius 2 is 1.13 bits per heavy atom. The van der Waals surface area contributed by atoms with Crippen molar-refractivity contribution in [1.82, 2.24) is 0 Å². The van der Waals surface area contributed by atoms with Gasteiger partial charge in [0.2, 0.25) is 11.6 Å². The molecule has 72 valence electrons. The number of hydrogen-bond donors (Lipinski definition) is 0. The number of ketones is 2. The first-order valence-electron chi connectivity index (χ1n) is 3.86. The van der Waals surface area contributed by atoms with E-state index in [1.807, 2.05) is 0 Å². The minimum absolute atomic E-state index is 0. The van der Waals surface area contributed by atoms with E-state index in [1.165, 1.54) is 0 Å². The second-order valence-corrected chi connectivity index (χ2v) is 3.59. The fourth-order valence-electron chi connectivity index (χ4n) is 1.31. The van der Waals surface area contributed by atoms with Crippen LogP contribution >= 0.6 is 23.2 Å². The van der Waals surface area contributed by atoms with Gasteiger partial charge in [-0.25, -0.2) is 0 Å². The van der Waals surface area contributed by atoms with Crippen molar-refractivity contribution in [3.8, 4) is 0 Å².